The Morgan fingerprint density at radius 1 is 0.804 bits per heavy atom. The van der Waals surface area contributed by atoms with Crippen molar-refractivity contribution >= 4 is 45.4 Å². The lowest BCUT2D eigenvalue weighted by molar-refractivity contribution is -0.136. The molecule has 1 saturated carbocycles. The van der Waals surface area contributed by atoms with Gasteiger partial charge < -0.3 is 19.2 Å². The summed E-state index contributed by atoms with van der Waals surface area (Å²) in [7, 11) is 0. The van der Waals surface area contributed by atoms with Crippen molar-refractivity contribution in [2.24, 2.45) is 0 Å². The number of carbonyl (C=O) groups is 4. The van der Waals surface area contributed by atoms with E-state index in [0.29, 0.717) is 57.9 Å². The Morgan fingerprint density at radius 3 is 2.41 bits per heavy atom. The maximum absolute atomic E-state index is 15.2. The minimum absolute atomic E-state index is 0.0208. The fraction of sp³-hybridized carbons (Fsp3) is 0.195. The molecular weight excluding hydrogens is 726 g/mol. The lowest BCUT2D eigenvalue weighted by atomic mass is 9.92. The van der Waals surface area contributed by atoms with E-state index in [1.54, 1.807) is 54.9 Å². The summed E-state index contributed by atoms with van der Waals surface area (Å²) in [6.45, 7) is -0.0208. The van der Waals surface area contributed by atoms with Crippen molar-refractivity contribution in [3.8, 4) is 40.3 Å². The van der Waals surface area contributed by atoms with Crippen molar-refractivity contribution in [1.29, 1.82) is 0 Å². The van der Waals surface area contributed by atoms with Crippen LogP contribution >= 0.6 is 0 Å². The number of amides is 4. The summed E-state index contributed by atoms with van der Waals surface area (Å²) in [5.41, 5.74) is 2.38. The van der Waals surface area contributed by atoms with Crippen LogP contribution in [0.2, 0.25) is 0 Å². The standard InChI is InChI=1S/C41H28F2N6O7/c42-37-28(17-32-36(38(37)43)30-20-44-12-11-31(30)47-32)21-3-10-35(46-18-21)56-26-14-25(15-26)55-24-5-4-22(45-19-24)2-1-13-54-23-6-7-27-29(16-23)41(53)49(40(27)52)33-8-9-34(50)48-39(33)51/h3-7,10-12,16-20,25-26,33,47H,8-9,13-15H2,(H,48,50,51)/t25-,26-,33?. The third kappa shape index (κ3) is 6.30. The van der Waals surface area contributed by atoms with Crippen LogP contribution in [0.5, 0.6) is 17.4 Å². The van der Waals surface area contributed by atoms with E-state index in [4.69, 9.17) is 14.2 Å². The molecule has 1 aliphatic carbocycles. The molecule has 4 aromatic heterocycles. The second kappa shape index (κ2) is 13.9. The number of fused-ring (bicyclic) bond motifs is 4. The van der Waals surface area contributed by atoms with Crippen molar-refractivity contribution in [1.82, 2.24) is 30.2 Å². The highest BCUT2D eigenvalue weighted by atomic mass is 19.2. The van der Waals surface area contributed by atoms with Crippen molar-refractivity contribution < 1.29 is 42.2 Å². The molecule has 2 fully saturated rings. The van der Waals surface area contributed by atoms with Crippen LogP contribution in [0.1, 0.15) is 52.1 Å². The molecule has 56 heavy (non-hydrogen) atoms. The quantitative estimate of drug-likeness (QED) is 0.154. The molecule has 0 bridgehead atoms. The first-order valence-corrected chi connectivity index (χ1v) is 17.7. The minimum Gasteiger partial charge on any atom is -0.489 e. The number of nitrogens with zero attached hydrogens (tertiary/aromatic N) is 4. The molecule has 2 N–H and O–H groups in total. The number of benzene rings is 2. The van der Waals surface area contributed by atoms with Gasteiger partial charge in [0, 0.05) is 71.3 Å². The largest absolute Gasteiger partial charge is 0.489 e. The van der Waals surface area contributed by atoms with Gasteiger partial charge in [-0.25, -0.2) is 18.7 Å². The third-order valence-electron chi connectivity index (χ3n) is 9.93. The molecule has 4 amide bonds. The number of imide groups is 2. The second-order valence-corrected chi connectivity index (χ2v) is 13.5. The van der Waals surface area contributed by atoms with E-state index in [-0.39, 0.29) is 53.7 Å². The second-order valence-electron chi connectivity index (χ2n) is 13.5. The average Bonchev–Trinajstić information content (AvgIpc) is 3.68. The van der Waals surface area contributed by atoms with Gasteiger partial charge in [-0.15, -0.1) is 0 Å². The first-order valence-electron chi connectivity index (χ1n) is 17.7. The van der Waals surface area contributed by atoms with Gasteiger partial charge in [0.15, 0.2) is 11.6 Å². The van der Waals surface area contributed by atoms with Crippen LogP contribution in [-0.2, 0) is 9.59 Å². The van der Waals surface area contributed by atoms with Crippen molar-refractivity contribution in [3.05, 3.63) is 108 Å². The number of H-pyrrole nitrogens is 1. The third-order valence-corrected chi connectivity index (χ3v) is 9.93. The number of rotatable bonds is 8. The van der Waals surface area contributed by atoms with Crippen molar-refractivity contribution in [2.75, 3.05) is 6.61 Å². The van der Waals surface area contributed by atoms with Gasteiger partial charge in [-0.2, -0.15) is 0 Å². The van der Waals surface area contributed by atoms with Crippen molar-refractivity contribution in [2.45, 2.75) is 43.9 Å². The SMILES string of the molecule is O=C1CCC(N2C(=O)c3ccc(OCC#Cc4ccc(O[C@H]5C[C@H](Oc6ccc(-c7cc8[nH]c9ccncc9c8c(F)c7F)cn6)C5)cn4)cc3C2=O)C(=O)N1. The predicted octanol–water partition coefficient (Wildman–Crippen LogP) is 5.27. The summed E-state index contributed by atoms with van der Waals surface area (Å²) in [6.07, 6.45) is 7.24. The van der Waals surface area contributed by atoms with E-state index < -0.39 is 41.3 Å². The van der Waals surface area contributed by atoms with Gasteiger partial charge in [-0.3, -0.25) is 34.4 Å². The van der Waals surface area contributed by atoms with Crippen LogP contribution < -0.4 is 19.5 Å². The highest BCUT2D eigenvalue weighted by Gasteiger charge is 2.44. The van der Waals surface area contributed by atoms with E-state index in [1.165, 1.54) is 24.5 Å². The maximum atomic E-state index is 15.2. The predicted molar refractivity (Wildman–Crippen MR) is 195 cm³/mol. The van der Waals surface area contributed by atoms with Crippen LogP contribution in [0.25, 0.3) is 32.9 Å². The summed E-state index contributed by atoms with van der Waals surface area (Å²) >= 11 is 0. The van der Waals surface area contributed by atoms with E-state index in [1.807, 2.05) is 0 Å². The highest BCUT2D eigenvalue weighted by Crippen LogP contribution is 2.36. The Kier molecular flexibility index (Phi) is 8.57. The molecule has 9 rings (SSSR count). The Balaban J connectivity index is 0.745. The van der Waals surface area contributed by atoms with E-state index in [2.05, 4.69) is 37.1 Å². The molecule has 6 aromatic rings. The summed E-state index contributed by atoms with van der Waals surface area (Å²) in [4.78, 5) is 66.4. The van der Waals surface area contributed by atoms with Crippen molar-refractivity contribution in [3.63, 3.8) is 0 Å². The fourth-order valence-corrected chi connectivity index (χ4v) is 7.04. The Hall–Kier alpha value is -7.21. The van der Waals surface area contributed by atoms with Crippen LogP contribution in [0.3, 0.4) is 0 Å². The Bertz CT molecular complexity index is 2670. The van der Waals surface area contributed by atoms with Gasteiger partial charge in [0.1, 0.15) is 42.0 Å². The number of hydrogen-bond donors (Lipinski definition) is 2. The number of ether oxygens (including phenoxy) is 3. The molecule has 3 aliphatic rings. The molecule has 1 unspecified atom stereocenters. The van der Waals surface area contributed by atoms with Gasteiger partial charge in [0.05, 0.1) is 22.8 Å². The zero-order valence-electron chi connectivity index (χ0n) is 29.2. The van der Waals surface area contributed by atoms with E-state index in [9.17, 15) is 19.2 Å². The van der Waals surface area contributed by atoms with Gasteiger partial charge in [-0.1, -0.05) is 5.92 Å². The Morgan fingerprint density at radius 2 is 1.62 bits per heavy atom. The number of aromatic amines is 1. The zero-order chi connectivity index (χ0) is 38.5. The molecule has 278 valence electrons. The lowest BCUT2D eigenvalue weighted by Crippen LogP contribution is -2.54. The molecule has 2 aromatic carbocycles. The first kappa shape index (κ1) is 34.6. The summed E-state index contributed by atoms with van der Waals surface area (Å²) in [5.74, 6) is 2.78. The van der Waals surface area contributed by atoms with Crippen LogP contribution in [0, 0.1) is 23.5 Å². The molecule has 1 atom stereocenters. The Labute approximate surface area is 316 Å². The number of aromatic nitrogens is 4. The summed E-state index contributed by atoms with van der Waals surface area (Å²) in [5, 5.41) is 2.84. The number of halogens is 2. The monoisotopic (exact) mass is 754 g/mol. The molecule has 2 aliphatic heterocycles. The van der Waals surface area contributed by atoms with Crippen LogP contribution in [0.15, 0.2) is 79.4 Å². The number of hydrogen-bond acceptors (Lipinski definition) is 10. The number of piperidine rings is 1. The van der Waals surface area contributed by atoms with Gasteiger partial charge >= 0.3 is 0 Å². The molecular formula is C41H28F2N6O7. The summed E-state index contributed by atoms with van der Waals surface area (Å²) < 4.78 is 48.0. The molecule has 13 nitrogen and oxygen atoms in total. The fourth-order valence-electron chi connectivity index (χ4n) is 7.04. The molecule has 6 heterocycles. The number of pyridine rings is 3. The highest BCUT2D eigenvalue weighted by molar-refractivity contribution is 6.23. The average molecular weight is 755 g/mol. The van der Waals surface area contributed by atoms with Gasteiger partial charge in [0.25, 0.3) is 11.8 Å². The number of nitrogens with one attached hydrogen (secondary N) is 2. The van der Waals surface area contributed by atoms with Crippen LogP contribution in [-0.4, -0.2) is 73.3 Å². The molecule has 15 heteroatoms. The minimum atomic E-state index is -1.05. The van der Waals surface area contributed by atoms with E-state index in [0.717, 1.165) is 4.90 Å². The smallest absolute Gasteiger partial charge is 0.262 e. The lowest BCUT2D eigenvalue weighted by Gasteiger charge is -2.34. The maximum Gasteiger partial charge on any atom is 0.262 e. The van der Waals surface area contributed by atoms with E-state index >= 15 is 8.78 Å². The number of carbonyl (C=O) groups excluding carboxylic acids is 4. The van der Waals surface area contributed by atoms with Crippen LogP contribution in [0.4, 0.5) is 8.78 Å². The van der Waals surface area contributed by atoms with Gasteiger partial charge in [-0.05, 0) is 60.9 Å². The molecule has 0 spiro atoms. The molecule has 1 saturated heterocycles. The van der Waals surface area contributed by atoms with Gasteiger partial charge in [0.2, 0.25) is 17.7 Å². The molecule has 0 radical (unpaired) electrons. The summed E-state index contributed by atoms with van der Waals surface area (Å²) in [6, 6.07) is 13.4. The normalized spacial score (nSPS) is 19.0. The first-order chi connectivity index (χ1) is 27.2. The topological polar surface area (TPSA) is 166 Å². The zero-order valence-corrected chi connectivity index (χ0v) is 29.2.